The van der Waals surface area contributed by atoms with Gasteiger partial charge in [-0.15, -0.1) is 0 Å². The molecule has 0 aliphatic rings. The second kappa shape index (κ2) is 11.1. The van der Waals surface area contributed by atoms with Crippen LogP contribution in [0, 0.1) is 13.8 Å². The highest BCUT2D eigenvalue weighted by molar-refractivity contribution is 5.96. The van der Waals surface area contributed by atoms with Gasteiger partial charge in [0.15, 0.2) is 0 Å². The van der Waals surface area contributed by atoms with Crippen molar-refractivity contribution < 1.29 is 14.3 Å². The van der Waals surface area contributed by atoms with Gasteiger partial charge in [0.05, 0.1) is 13.2 Å². The Balaban J connectivity index is 1.68. The van der Waals surface area contributed by atoms with Gasteiger partial charge in [-0.05, 0) is 67.6 Å². The maximum Gasteiger partial charge on any atom is 0.251 e. The molecule has 0 fully saturated rings. The highest BCUT2D eigenvalue weighted by atomic mass is 16.5. The predicted octanol–water partition coefficient (Wildman–Crippen LogP) is 3.57. The van der Waals surface area contributed by atoms with Gasteiger partial charge in [-0.25, -0.2) is 0 Å². The Bertz CT molecular complexity index is 785. The molecule has 0 saturated heterocycles. The first-order chi connectivity index (χ1) is 13.5. The molecule has 0 aliphatic heterocycles. The summed E-state index contributed by atoms with van der Waals surface area (Å²) in [5.74, 6) is 0.434. The van der Waals surface area contributed by atoms with Gasteiger partial charge in [-0.3, -0.25) is 9.59 Å². The SMILES string of the molecule is CCCCOc1ccc(CCNC(=O)CNC(=O)c2ccc(C)c(C)c2)cc1. The highest BCUT2D eigenvalue weighted by Gasteiger charge is 2.08. The van der Waals surface area contributed by atoms with Gasteiger partial charge in [0.1, 0.15) is 5.75 Å². The maximum absolute atomic E-state index is 12.1. The van der Waals surface area contributed by atoms with Crippen molar-refractivity contribution in [3.63, 3.8) is 0 Å². The number of ether oxygens (including phenoxy) is 1. The minimum absolute atomic E-state index is 0.0318. The molecule has 28 heavy (non-hydrogen) atoms. The summed E-state index contributed by atoms with van der Waals surface area (Å²) in [5, 5.41) is 5.49. The zero-order chi connectivity index (χ0) is 20.4. The third kappa shape index (κ3) is 7.06. The number of aryl methyl sites for hydroxylation is 2. The quantitative estimate of drug-likeness (QED) is 0.617. The minimum Gasteiger partial charge on any atom is -0.494 e. The van der Waals surface area contributed by atoms with Crippen molar-refractivity contribution in [2.45, 2.75) is 40.0 Å². The lowest BCUT2D eigenvalue weighted by Gasteiger charge is -2.09. The molecule has 0 radical (unpaired) electrons. The lowest BCUT2D eigenvalue weighted by molar-refractivity contribution is -0.120. The van der Waals surface area contributed by atoms with E-state index in [1.54, 1.807) is 6.07 Å². The predicted molar refractivity (Wildman–Crippen MR) is 112 cm³/mol. The first-order valence-electron chi connectivity index (χ1n) is 9.83. The number of carbonyl (C=O) groups excluding carboxylic acids is 2. The Kier molecular flexibility index (Phi) is 8.53. The van der Waals surface area contributed by atoms with Gasteiger partial charge in [-0.1, -0.05) is 31.5 Å². The fourth-order valence-electron chi connectivity index (χ4n) is 2.64. The van der Waals surface area contributed by atoms with Crippen LogP contribution in [0.3, 0.4) is 0 Å². The molecular formula is C23H30N2O3. The molecule has 0 spiro atoms. The molecule has 2 amide bonds. The summed E-state index contributed by atoms with van der Waals surface area (Å²) in [6.07, 6.45) is 2.89. The Labute approximate surface area is 167 Å². The summed E-state index contributed by atoms with van der Waals surface area (Å²) in [4.78, 5) is 24.1. The van der Waals surface area contributed by atoms with Crippen LogP contribution in [0.2, 0.25) is 0 Å². The molecule has 2 aromatic rings. The molecule has 5 nitrogen and oxygen atoms in total. The Morgan fingerprint density at radius 1 is 0.964 bits per heavy atom. The number of hydrogen-bond acceptors (Lipinski definition) is 3. The van der Waals surface area contributed by atoms with E-state index in [0.717, 1.165) is 48.3 Å². The molecule has 2 rings (SSSR count). The monoisotopic (exact) mass is 382 g/mol. The number of nitrogens with one attached hydrogen (secondary N) is 2. The average molecular weight is 383 g/mol. The van der Waals surface area contributed by atoms with Crippen LogP contribution in [0.1, 0.15) is 46.8 Å². The molecule has 2 N–H and O–H groups in total. The normalized spacial score (nSPS) is 10.4. The third-order valence-electron chi connectivity index (χ3n) is 4.60. The Hall–Kier alpha value is -2.82. The van der Waals surface area contributed by atoms with Crippen molar-refractivity contribution in [3.05, 3.63) is 64.7 Å². The number of amides is 2. The summed E-state index contributed by atoms with van der Waals surface area (Å²) >= 11 is 0. The molecule has 0 unspecified atom stereocenters. The molecule has 2 aromatic carbocycles. The second-order valence-electron chi connectivity index (χ2n) is 6.93. The van der Waals surface area contributed by atoms with Crippen LogP contribution in [0.4, 0.5) is 0 Å². The topological polar surface area (TPSA) is 67.4 Å². The van der Waals surface area contributed by atoms with Gasteiger partial charge < -0.3 is 15.4 Å². The molecule has 0 saturated carbocycles. The number of unbranched alkanes of at least 4 members (excludes halogenated alkanes) is 1. The summed E-state index contributed by atoms with van der Waals surface area (Å²) in [6.45, 7) is 7.32. The second-order valence-corrected chi connectivity index (χ2v) is 6.93. The fraction of sp³-hybridized carbons (Fsp3) is 0.391. The zero-order valence-corrected chi connectivity index (χ0v) is 17.0. The fourth-order valence-corrected chi connectivity index (χ4v) is 2.64. The van der Waals surface area contributed by atoms with Crippen molar-refractivity contribution in [2.24, 2.45) is 0 Å². The van der Waals surface area contributed by atoms with Crippen LogP contribution in [-0.4, -0.2) is 31.5 Å². The molecule has 0 aliphatic carbocycles. The van der Waals surface area contributed by atoms with Gasteiger partial charge in [0, 0.05) is 12.1 Å². The number of hydrogen-bond donors (Lipinski definition) is 2. The molecule has 0 heterocycles. The van der Waals surface area contributed by atoms with Gasteiger partial charge in [-0.2, -0.15) is 0 Å². The molecule has 0 aromatic heterocycles. The largest absolute Gasteiger partial charge is 0.494 e. The van der Waals surface area contributed by atoms with Crippen LogP contribution < -0.4 is 15.4 Å². The Morgan fingerprint density at radius 3 is 2.39 bits per heavy atom. The summed E-state index contributed by atoms with van der Waals surface area (Å²) in [5.41, 5.74) is 3.88. The Morgan fingerprint density at radius 2 is 1.71 bits per heavy atom. The van der Waals surface area contributed by atoms with Gasteiger partial charge >= 0.3 is 0 Å². The van der Waals surface area contributed by atoms with E-state index >= 15 is 0 Å². The minimum atomic E-state index is -0.239. The van der Waals surface area contributed by atoms with Crippen molar-refractivity contribution in [1.82, 2.24) is 10.6 Å². The lowest BCUT2D eigenvalue weighted by Crippen LogP contribution is -2.37. The van der Waals surface area contributed by atoms with E-state index in [2.05, 4.69) is 17.6 Å². The van der Waals surface area contributed by atoms with Crippen LogP contribution in [0.15, 0.2) is 42.5 Å². The van der Waals surface area contributed by atoms with Crippen LogP contribution in [-0.2, 0) is 11.2 Å². The standard InChI is InChI=1S/C23H30N2O3/c1-4-5-14-28-21-10-7-19(8-11-21)12-13-24-22(26)16-25-23(27)20-9-6-17(2)18(3)15-20/h6-11,15H,4-5,12-14,16H2,1-3H3,(H,24,26)(H,25,27). The van der Waals surface area contributed by atoms with Crippen molar-refractivity contribution in [3.8, 4) is 5.75 Å². The van der Waals surface area contributed by atoms with E-state index in [4.69, 9.17) is 4.74 Å². The molecule has 0 atom stereocenters. The first-order valence-corrected chi connectivity index (χ1v) is 9.83. The van der Waals surface area contributed by atoms with Crippen molar-refractivity contribution >= 4 is 11.8 Å². The highest BCUT2D eigenvalue weighted by Crippen LogP contribution is 2.13. The van der Waals surface area contributed by atoms with E-state index in [9.17, 15) is 9.59 Å². The third-order valence-corrected chi connectivity index (χ3v) is 4.60. The van der Waals surface area contributed by atoms with Crippen LogP contribution in [0.5, 0.6) is 5.75 Å². The van der Waals surface area contributed by atoms with E-state index in [1.165, 1.54) is 0 Å². The average Bonchev–Trinajstić information content (AvgIpc) is 2.69. The molecule has 0 bridgehead atoms. The van der Waals surface area contributed by atoms with Crippen molar-refractivity contribution in [2.75, 3.05) is 19.7 Å². The molecule has 150 valence electrons. The summed E-state index contributed by atoms with van der Waals surface area (Å²) < 4.78 is 5.64. The molecule has 5 heteroatoms. The summed E-state index contributed by atoms with van der Waals surface area (Å²) in [6, 6.07) is 13.4. The van der Waals surface area contributed by atoms with E-state index in [-0.39, 0.29) is 18.4 Å². The molecular weight excluding hydrogens is 352 g/mol. The lowest BCUT2D eigenvalue weighted by atomic mass is 10.1. The van der Waals surface area contributed by atoms with Gasteiger partial charge in [0.2, 0.25) is 5.91 Å². The van der Waals surface area contributed by atoms with Crippen LogP contribution >= 0.6 is 0 Å². The van der Waals surface area contributed by atoms with Crippen LogP contribution in [0.25, 0.3) is 0 Å². The van der Waals surface area contributed by atoms with Gasteiger partial charge in [0.25, 0.3) is 5.91 Å². The van der Waals surface area contributed by atoms with E-state index in [0.29, 0.717) is 12.1 Å². The zero-order valence-electron chi connectivity index (χ0n) is 17.0. The van der Waals surface area contributed by atoms with E-state index in [1.807, 2.05) is 50.2 Å². The summed E-state index contributed by atoms with van der Waals surface area (Å²) in [7, 11) is 0. The number of carbonyl (C=O) groups is 2. The van der Waals surface area contributed by atoms with E-state index < -0.39 is 0 Å². The van der Waals surface area contributed by atoms with Crippen molar-refractivity contribution in [1.29, 1.82) is 0 Å². The smallest absolute Gasteiger partial charge is 0.251 e. The first kappa shape index (κ1) is 21.5. The number of rotatable bonds is 10. The number of benzene rings is 2. The maximum atomic E-state index is 12.1.